The Morgan fingerprint density at radius 3 is 2.67 bits per heavy atom. The van der Waals surface area contributed by atoms with Gasteiger partial charge in [-0.25, -0.2) is 4.79 Å². The van der Waals surface area contributed by atoms with Crippen molar-refractivity contribution in [2.45, 2.75) is 32.4 Å². The van der Waals surface area contributed by atoms with Gasteiger partial charge >= 0.3 is 12.0 Å². The van der Waals surface area contributed by atoms with Crippen molar-refractivity contribution in [3.63, 3.8) is 0 Å². The molecule has 0 heterocycles. The number of ether oxygens (including phenoxy) is 1. The third-order valence-electron chi connectivity index (χ3n) is 2.81. The first-order valence-electron chi connectivity index (χ1n) is 6.95. The average molecular weight is 294 g/mol. The maximum atomic E-state index is 11.4. The van der Waals surface area contributed by atoms with Gasteiger partial charge in [0.2, 0.25) is 0 Å². The molecule has 0 radical (unpaired) electrons. The van der Waals surface area contributed by atoms with E-state index in [1.54, 1.807) is 0 Å². The summed E-state index contributed by atoms with van der Waals surface area (Å²) in [6, 6.07) is 9.49. The molecule has 0 bridgehead atoms. The second-order valence-electron chi connectivity index (χ2n) is 4.77. The van der Waals surface area contributed by atoms with Crippen LogP contribution in [0.2, 0.25) is 0 Å². The molecule has 1 aromatic carbocycles. The summed E-state index contributed by atoms with van der Waals surface area (Å²) < 4.78 is 5.54. The molecule has 6 nitrogen and oxygen atoms in total. The van der Waals surface area contributed by atoms with Crippen LogP contribution in [0.5, 0.6) is 0 Å². The summed E-state index contributed by atoms with van der Waals surface area (Å²) in [6.45, 7) is 3.10. The van der Waals surface area contributed by atoms with Crippen LogP contribution in [0.15, 0.2) is 30.3 Å². The fraction of sp³-hybridized carbons (Fsp3) is 0.467. The van der Waals surface area contributed by atoms with Gasteiger partial charge < -0.3 is 20.5 Å². The molecule has 0 aromatic heterocycles. The molecule has 1 atom stereocenters. The van der Waals surface area contributed by atoms with Gasteiger partial charge in [0.15, 0.2) is 0 Å². The molecule has 0 saturated carbocycles. The van der Waals surface area contributed by atoms with Crippen LogP contribution >= 0.6 is 0 Å². The van der Waals surface area contributed by atoms with E-state index in [1.165, 1.54) is 0 Å². The largest absolute Gasteiger partial charge is 0.481 e. The Bertz CT molecular complexity index is 437. The summed E-state index contributed by atoms with van der Waals surface area (Å²) in [5.41, 5.74) is 1.12. The molecule has 2 amide bonds. The van der Waals surface area contributed by atoms with Gasteiger partial charge in [-0.05, 0) is 18.9 Å². The maximum absolute atomic E-state index is 11.4. The fourth-order valence-electron chi connectivity index (χ4n) is 1.65. The van der Waals surface area contributed by atoms with Gasteiger partial charge in [0.05, 0.1) is 13.0 Å². The van der Waals surface area contributed by atoms with Gasteiger partial charge in [-0.2, -0.15) is 0 Å². The standard InChI is InChI=1S/C15H22N2O4/c1-12(17-15(20)16-9-7-14(18)19)8-10-21-11-13-5-3-2-4-6-13/h2-6,12H,7-11H2,1H3,(H,18,19)(H2,16,17,20). The van der Waals surface area contributed by atoms with Crippen molar-refractivity contribution in [3.05, 3.63) is 35.9 Å². The van der Waals surface area contributed by atoms with Gasteiger partial charge in [-0.1, -0.05) is 30.3 Å². The summed E-state index contributed by atoms with van der Waals surface area (Å²) in [4.78, 5) is 21.7. The fourth-order valence-corrected chi connectivity index (χ4v) is 1.65. The molecule has 1 aromatic rings. The minimum absolute atomic E-state index is 0.0365. The minimum atomic E-state index is -0.933. The lowest BCUT2D eigenvalue weighted by Crippen LogP contribution is -2.41. The first-order chi connectivity index (χ1) is 10.1. The number of nitrogens with one attached hydrogen (secondary N) is 2. The lowest BCUT2D eigenvalue weighted by atomic mass is 10.2. The van der Waals surface area contributed by atoms with E-state index in [0.717, 1.165) is 5.56 Å². The van der Waals surface area contributed by atoms with Crippen LogP contribution in [0.3, 0.4) is 0 Å². The first-order valence-corrected chi connectivity index (χ1v) is 6.95. The van der Waals surface area contributed by atoms with Crippen LogP contribution in [-0.2, 0) is 16.1 Å². The number of rotatable bonds is 9. The van der Waals surface area contributed by atoms with Gasteiger partial charge in [0.25, 0.3) is 0 Å². The summed E-state index contributed by atoms with van der Waals surface area (Å²) in [5, 5.41) is 13.7. The number of carbonyl (C=O) groups is 2. The lowest BCUT2D eigenvalue weighted by molar-refractivity contribution is -0.136. The molecule has 0 aliphatic rings. The predicted octanol–water partition coefficient (Wildman–Crippen LogP) is 1.76. The van der Waals surface area contributed by atoms with Crippen molar-refractivity contribution in [2.75, 3.05) is 13.2 Å². The van der Waals surface area contributed by atoms with Crippen LogP contribution in [0.1, 0.15) is 25.3 Å². The Labute approximate surface area is 124 Å². The zero-order chi connectivity index (χ0) is 15.5. The van der Waals surface area contributed by atoms with Crippen LogP contribution in [0.25, 0.3) is 0 Å². The number of hydrogen-bond acceptors (Lipinski definition) is 3. The summed E-state index contributed by atoms with van der Waals surface area (Å²) >= 11 is 0. The highest BCUT2D eigenvalue weighted by Gasteiger charge is 2.07. The van der Waals surface area contributed by atoms with Crippen molar-refractivity contribution < 1.29 is 19.4 Å². The molecular formula is C15H22N2O4. The van der Waals surface area contributed by atoms with E-state index < -0.39 is 5.97 Å². The zero-order valence-corrected chi connectivity index (χ0v) is 12.2. The second kappa shape index (κ2) is 9.77. The lowest BCUT2D eigenvalue weighted by Gasteiger charge is -2.14. The quantitative estimate of drug-likeness (QED) is 0.606. The van der Waals surface area contributed by atoms with Crippen molar-refractivity contribution in [1.29, 1.82) is 0 Å². The molecule has 0 fully saturated rings. The Kier molecular flexibility index (Phi) is 7.89. The number of hydrogen-bond donors (Lipinski definition) is 3. The minimum Gasteiger partial charge on any atom is -0.481 e. The second-order valence-corrected chi connectivity index (χ2v) is 4.77. The van der Waals surface area contributed by atoms with Crippen molar-refractivity contribution in [3.8, 4) is 0 Å². The average Bonchev–Trinajstić information content (AvgIpc) is 2.44. The molecule has 0 saturated heterocycles. The normalized spacial score (nSPS) is 11.7. The number of benzene rings is 1. The number of aliphatic carboxylic acids is 1. The Morgan fingerprint density at radius 1 is 1.29 bits per heavy atom. The Morgan fingerprint density at radius 2 is 2.00 bits per heavy atom. The van der Waals surface area contributed by atoms with E-state index in [-0.39, 0.29) is 25.0 Å². The third-order valence-corrected chi connectivity index (χ3v) is 2.81. The van der Waals surface area contributed by atoms with E-state index in [9.17, 15) is 9.59 Å². The predicted molar refractivity (Wildman–Crippen MR) is 79.0 cm³/mol. The number of carbonyl (C=O) groups excluding carboxylic acids is 1. The summed E-state index contributed by atoms with van der Waals surface area (Å²) in [7, 11) is 0. The number of urea groups is 1. The highest BCUT2D eigenvalue weighted by Crippen LogP contribution is 2.01. The number of carboxylic acids is 1. The molecule has 1 unspecified atom stereocenters. The topological polar surface area (TPSA) is 87.7 Å². The summed E-state index contributed by atoms with van der Waals surface area (Å²) in [6.07, 6.45) is 0.612. The van der Waals surface area contributed by atoms with Crippen LogP contribution in [0.4, 0.5) is 4.79 Å². The molecule has 3 N–H and O–H groups in total. The maximum Gasteiger partial charge on any atom is 0.315 e. The smallest absolute Gasteiger partial charge is 0.315 e. The van der Waals surface area contributed by atoms with Crippen LogP contribution in [0, 0.1) is 0 Å². The Hall–Kier alpha value is -2.08. The van der Waals surface area contributed by atoms with Crippen molar-refractivity contribution in [2.24, 2.45) is 0 Å². The van der Waals surface area contributed by atoms with Gasteiger partial charge in [-0.3, -0.25) is 4.79 Å². The molecule has 0 aliphatic heterocycles. The Balaban J connectivity index is 2.06. The highest BCUT2D eigenvalue weighted by molar-refractivity contribution is 5.75. The van der Waals surface area contributed by atoms with Crippen molar-refractivity contribution >= 4 is 12.0 Å². The highest BCUT2D eigenvalue weighted by atomic mass is 16.5. The third kappa shape index (κ3) is 8.65. The van der Waals surface area contributed by atoms with Gasteiger partial charge in [-0.15, -0.1) is 0 Å². The molecular weight excluding hydrogens is 272 g/mol. The van der Waals surface area contributed by atoms with E-state index in [4.69, 9.17) is 9.84 Å². The SMILES string of the molecule is CC(CCOCc1ccccc1)NC(=O)NCCC(=O)O. The van der Waals surface area contributed by atoms with E-state index in [0.29, 0.717) is 19.6 Å². The number of amides is 2. The monoisotopic (exact) mass is 294 g/mol. The molecule has 6 heteroatoms. The first kappa shape index (κ1) is 17.0. The van der Waals surface area contributed by atoms with Crippen LogP contribution in [-0.4, -0.2) is 36.3 Å². The molecule has 0 aliphatic carbocycles. The van der Waals surface area contributed by atoms with E-state index in [2.05, 4.69) is 10.6 Å². The molecule has 116 valence electrons. The van der Waals surface area contributed by atoms with E-state index in [1.807, 2.05) is 37.3 Å². The van der Waals surface area contributed by atoms with Crippen molar-refractivity contribution in [1.82, 2.24) is 10.6 Å². The molecule has 21 heavy (non-hydrogen) atoms. The zero-order valence-electron chi connectivity index (χ0n) is 12.2. The van der Waals surface area contributed by atoms with Gasteiger partial charge in [0, 0.05) is 19.2 Å². The summed E-state index contributed by atoms with van der Waals surface area (Å²) in [5.74, 6) is -0.933. The van der Waals surface area contributed by atoms with Crippen LogP contribution < -0.4 is 10.6 Å². The van der Waals surface area contributed by atoms with E-state index >= 15 is 0 Å². The number of carboxylic acid groups (broad SMARTS) is 1. The molecule has 1 rings (SSSR count). The van der Waals surface area contributed by atoms with Gasteiger partial charge in [0.1, 0.15) is 0 Å². The molecule has 0 spiro atoms.